The SMILES string of the molecule is c1ccc(-c2cc(-c3ccc(-c4cc5c(-c6ccc7c8ccccc8c8ccccc8c7c6)cc(-c6ccc7c8ccccc8c8ccccc8c7c6)nc5c5ccccc45)cc3)nc3ccccc23)cc1.c1ccc2c(-c3ccc(-c4cc5c(-c6ccc7c8ccccc8c8ccccc8c7c6)cc(-c6ccc7c8ccccc8c8ccccc8c7c6)nc5c5ccccc45)cc3)c3ccccc3nc2c1. The van der Waals surface area contributed by atoms with Gasteiger partial charge in [0.05, 0.1) is 44.7 Å². The minimum absolute atomic E-state index is 0.945. The van der Waals surface area contributed by atoms with Gasteiger partial charge >= 0.3 is 0 Å². The summed E-state index contributed by atoms with van der Waals surface area (Å²) in [5.41, 5.74) is 25.1. The summed E-state index contributed by atoms with van der Waals surface area (Å²) in [6, 6.07) is 182. The Bertz CT molecular complexity index is 10400. The molecule has 0 atom stereocenters. The predicted octanol–water partition coefficient (Wildman–Crippen LogP) is 37.9. The first-order valence-electron chi connectivity index (χ1n) is 48.9. The molecule has 0 aliphatic rings. The second-order valence-electron chi connectivity index (χ2n) is 37.9. The molecule has 0 saturated carbocycles. The maximum absolute atomic E-state index is 5.70. The molecule has 4 aromatic heterocycles. The monoisotopic (exact) mass is 1790 g/mol. The van der Waals surface area contributed by atoms with E-state index in [1.165, 1.54) is 162 Å². The van der Waals surface area contributed by atoms with Gasteiger partial charge in [0.25, 0.3) is 0 Å². The lowest BCUT2D eigenvalue weighted by Crippen LogP contribution is -1.94. The molecular formula is C138H82N4. The number of fused-ring (bicyclic) bond motifs is 33. The molecule has 0 unspecified atom stereocenters. The first kappa shape index (κ1) is 80.5. The van der Waals surface area contributed by atoms with Crippen LogP contribution in [0.4, 0.5) is 0 Å². The van der Waals surface area contributed by atoms with Gasteiger partial charge in [0.2, 0.25) is 0 Å². The van der Waals surface area contributed by atoms with Gasteiger partial charge in [0, 0.05) is 60.0 Å². The van der Waals surface area contributed by atoms with E-state index in [-0.39, 0.29) is 0 Å². The molecule has 30 aromatic rings. The summed E-state index contributed by atoms with van der Waals surface area (Å²) in [7, 11) is 0. The third-order valence-corrected chi connectivity index (χ3v) is 30.2. The van der Waals surface area contributed by atoms with E-state index in [0.29, 0.717) is 0 Å². The van der Waals surface area contributed by atoms with E-state index < -0.39 is 0 Å². The maximum Gasteiger partial charge on any atom is 0.0794 e. The van der Waals surface area contributed by atoms with Crippen LogP contribution in [0.15, 0.2) is 497 Å². The molecule has 654 valence electrons. The number of benzene rings is 26. The van der Waals surface area contributed by atoms with E-state index in [4.69, 9.17) is 19.9 Å². The van der Waals surface area contributed by atoms with E-state index in [9.17, 15) is 0 Å². The number of hydrogen-bond donors (Lipinski definition) is 0. The van der Waals surface area contributed by atoms with E-state index in [2.05, 4.69) is 497 Å². The molecule has 0 aliphatic heterocycles. The van der Waals surface area contributed by atoms with Crippen LogP contribution in [0.5, 0.6) is 0 Å². The van der Waals surface area contributed by atoms with Crippen molar-refractivity contribution < 1.29 is 0 Å². The minimum atomic E-state index is 0.945. The summed E-state index contributed by atoms with van der Waals surface area (Å²) < 4.78 is 0. The Morgan fingerprint density at radius 2 is 0.310 bits per heavy atom. The van der Waals surface area contributed by atoms with Crippen molar-refractivity contribution in [2.45, 2.75) is 0 Å². The van der Waals surface area contributed by atoms with Crippen LogP contribution in [0.25, 0.3) is 306 Å². The molecule has 0 radical (unpaired) electrons. The fourth-order valence-corrected chi connectivity index (χ4v) is 23.6. The summed E-state index contributed by atoms with van der Waals surface area (Å²) in [4.78, 5) is 21.6. The fourth-order valence-electron chi connectivity index (χ4n) is 23.6. The third kappa shape index (κ3) is 12.9. The fraction of sp³-hybridized carbons (Fsp3) is 0. The molecule has 4 nitrogen and oxygen atoms in total. The highest BCUT2D eigenvalue weighted by Gasteiger charge is 2.25. The summed E-state index contributed by atoms with van der Waals surface area (Å²) in [6.45, 7) is 0. The van der Waals surface area contributed by atoms with Gasteiger partial charge in [-0.25, -0.2) is 19.9 Å². The standard InChI is InChI=1S/C70H42N2.C68H40N2/c1-2-16-43(17-3-1)62-41-68(71-67-29-15-14-27-59(62)67)45-32-30-44(31-33-45)61-40-66-63(46-34-36-57-52-22-6-4-18-48(52)50-20-8-10-24-54(50)64(57)38-46)42-69(72-70(66)60-28-13-12-26-56(60)61)47-35-37-58-53-23-7-5-19-49(53)51-21-9-11-25-55(51)65(58)39-47;1-3-19-49-45(15-1)47-17-5-7-21-51(47)61-37-43(33-35-54(49)61)60-40-66(44-34-36-55-50-20-4-2-16-46(50)48-18-6-8-22-52(48)62(55)38-44)70-68-56-24-10-9-23-53(56)59(39-63(60)68)41-29-31-42(32-30-41)67-57-25-11-13-27-64(57)69-65-28-14-12-26-58(65)67/h1-42H;1-40H. The quantitative estimate of drug-likeness (QED) is 0.107. The summed E-state index contributed by atoms with van der Waals surface area (Å²) in [5, 5.41) is 40.4. The van der Waals surface area contributed by atoms with Gasteiger partial charge in [-0.1, -0.05) is 425 Å². The largest absolute Gasteiger partial charge is 0.248 e. The highest BCUT2D eigenvalue weighted by Crippen LogP contribution is 2.50. The normalized spacial score (nSPS) is 11.9. The Morgan fingerprint density at radius 1 is 0.0986 bits per heavy atom. The van der Waals surface area contributed by atoms with Gasteiger partial charge < -0.3 is 0 Å². The lowest BCUT2D eigenvalue weighted by molar-refractivity contribution is 1.40. The Kier molecular flexibility index (Phi) is 18.4. The number of rotatable bonds is 9. The molecule has 4 heteroatoms. The number of nitrogens with zero attached hydrogens (tertiary/aromatic N) is 4. The molecule has 0 aliphatic carbocycles. The van der Waals surface area contributed by atoms with Crippen LogP contribution in [0.3, 0.4) is 0 Å². The van der Waals surface area contributed by atoms with Crippen LogP contribution in [0, 0.1) is 0 Å². The molecule has 0 bridgehead atoms. The second-order valence-corrected chi connectivity index (χ2v) is 37.9. The topological polar surface area (TPSA) is 51.6 Å². The number of aromatic nitrogens is 4. The molecule has 0 N–H and O–H groups in total. The number of pyridine rings is 4. The minimum Gasteiger partial charge on any atom is -0.248 e. The van der Waals surface area contributed by atoms with Gasteiger partial charge in [0.1, 0.15) is 0 Å². The number of hydrogen-bond acceptors (Lipinski definition) is 4. The lowest BCUT2D eigenvalue weighted by Gasteiger charge is -2.18. The zero-order valence-electron chi connectivity index (χ0n) is 77.1. The average Bonchev–Trinajstić information content (AvgIpc) is 0.726. The Labute approximate surface area is 817 Å². The van der Waals surface area contributed by atoms with Gasteiger partial charge in [-0.2, -0.15) is 0 Å². The van der Waals surface area contributed by atoms with Crippen molar-refractivity contribution in [1.29, 1.82) is 0 Å². The zero-order chi connectivity index (χ0) is 93.1. The molecule has 0 fully saturated rings. The van der Waals surface area contributed by atoms with Crippen molar-refractivity contribution in [2.75, 3.05) is 0 Å². The van der Waals surface area contributed by atoms with Crippen LogP contribution in [-0.4, -0.2) is 19.9 Å². The second kappa shape index (κ2) is 32.5. The van der Waals surface area contributed by atoms with Crippen LogP contribution in [0.2, 0.25) is 0 Å². The van der Waals surface area contributed by atoms with E-state index in [1.807, 2.05) is 0 Å². The lowest BCUT2D eigenvalue weighted by atomic mass is 9.88. The first-order chi connectivity index (χ1) is 70.4. The molecule has 4 heterocycles. The maximum atomic E-state index is 5.70. The van der Waals surface area contributed by atoms with Crippen LogP contribution >= 0.6 is 0 Å². The van der Waals surface area contributed by atoms with Crippen LogP contribution < -0.4 is 0 Å². The molecular weight excluding hydrogens is 1710 g/mol. The van der Waals surface area contributed by atoms with Gasteiger partial charge in [-0.3, -0.25) is 0 Å². The Balaban J connectivity index is 0.000000136. The zero-order valence-corrected chi connectivity index (χ0v) is 77.1. The van der Waals surface area contributed by atoms with E-state index in [0.717, 1.165) is 143 Å². The third-order valence-electron chi connectivity index (χ3n) is 30.2. The average molecular weight is 1800 g/mol. The van der Waals surface area contributed by atoms with Crippen LogP contribution in [-0.2, 0) is 0 Å². The van der Waals surface area contributed by atoms with E-state index in [1.54, 1.807) is 0 Å². The molecule has 0 amide bonds. The van der Waals surface area contributed by atoms with Crippen molar-refractivity contribution >= 4 is 205 Å². The van der Waals surface area contributed by atoms with Crippen molar-refractivity contribution in [3.8, 4) is 101 Å². The van der Waals surface area contributed by atoms with Crippen molar-refractivity contribution in [1.82, 2.24) is 19.9 Å². The van der Waals surface area contributed by atoms with Crippen molar-refractivity contribution in [3.63, 3.8) is 0 Å². The van der Waals surface area contributed by atoms with Crippen LogP contribution in [0.1, 0.15) is 0 Å². The van der Waals surface area contributed by atoms with E-state index >= 15 is 0 Å². The number of para-hydroxylation sites is 3. The Hall–Kier alpha value is -18.7. The summed E-state index contributed by atoms with van der Waals surface area (Å²) in [5.74, 6) is 0. The molecule has 0 spiro atoms. The summed E-state index contributed by atoms with van der Waals surface area (Å²) in [6.07, 6.45) is 0. The molecule has 0 saturated heterocycles. The van der Waals surface area contributed by atoms with Crippen molar-refractivity contribution in [3.05, 3.63) is 497 Å². The first-order valence-corrected chi connectivity index (χ1v) is 48.9. The summed E-state index contributed by atoms with van der Waals surface area (Å²) >= 11 is 0. The van der Waals surface area contributed by atoms with Gasteiger partial charge in [-0.05, 0) is 274 Å². The highest BCUT2D eigenvalue weighted by atomic mass is 14.7. The highest BCUT2D eigenvalue weighted by molar-refractivity contribution is 6.31. The van der Waals surface area contributed by atoms with Crippen molar-refractivity contribution in [2.24, 2.45) is 0 Å². The smallest absolute Gasteiger partial charge is 0.0794 e. The van der Waals surface area contributed by atoms with Gasteiger partial charge in [0.15, 0.2) is 0 Å². The Morgan fingerprint density at radius 3 is 0.648 bits per heavy atom. The van der Waals surface area contributed by atoms with Gasteiger partial charge in [-0.15, -0.1) is 0 Å². The molecule has 30 rings (SSSR count). The molecule has 142 heavy (non-hydrogen) atoms. The predicted molar refractivity (Wildman–Crippen MR) is 606 cm³/mol. The molecule has 26 aromatic carbocycles.